The van der Waals surface area contributed by atoms with Crippen molar-refractivity contribution < 1.29 is 19.4 Å². The molecule has 9 heteroatoms. The summed E-state index contributed by atoms with van der Waals surface area (Å²) in [5.41, 5.74) is 1.19. The van der Waals surface area contributed by atoms with E-state index in [0.717, 1.165) is 4.47 Å². The van der Waals surface area contributed by atoms with Crippen LogP contribution in [0.4, 0.5) is 5.69 Å². The van der Waals surface area contributed by atoms with Gasteiger partial charge in [0.2, 0.25) is 0 Å². The number of nitrogens with one attached hydrogen (secondary N) is 2. The Morgan fingerprint density at radius 3 is 2.70 bits per heavy atom. The Morgan fingerprint density at radius 2 is 2.04 bits per heavy atom. The van der Waals surface area contributed by atoms with Gasteiger partial charge in [-0.15, -0.1) is 0 Å². The van der Waals surface area contributed by atoms with E-state index in [4.69, 9.17) is 17.0 Å². The molecule has 2 amide bonds. The number of anilines is 1. The molecular weight excluding hydrogens is 452 g/mol. The summed E-state index contributed by atoms with van der Waals surface area (Å²) in [5.74, 6) is -0.0414. The number of thiocarbonyl (C=S) groups is 1. The molecule has 0 aliphatic carbocycles. The first kappa shape index (κ1) is 19.4. The first-order valence-corrected chi connectivity index (χ1v) is 9.68. The van der Waals surface area contributed by atoms with Gasteiger partial charge in [0, 0.05) is 15.7 Å². The average molecular weight is 465 g/mol. The maximum atomic E-state index is 12.1. The number of phenols is 1. The summed E-state index contributed by atoms with van der Waals surface area (Å²) in [5, 5.41) is 14.5. The normalized spacial score (nSPS) is 14.9. The summed E-state index contributed by atoms with van der Waals surface area (Å²) in [6.07, 6.45) is 1.66. The van der Waals surface area contributed by atoms with Gasteiger partial charge in [-0.3, -0.25) is 9.59 Å². The number of benzene rings is 2. The molecule has 1 heterocycles. The lowest BCUT2D eigenvalue weighted by molar-refractivity contribution is -0.118. The van der Waals surface area contributed by atoms with Gasteiger partial charge in [0.15, 0.2) is 6.61 Å². The van der Waals surface area contributed by atoms with Gasteiger partial charge >= 0.3 is 0 Å². The third-order valence-corrected chi connectivity index (χ3v) is 5.07. The second-order valence-corrected chi connectivity index (χ2v) is 8.05. The molecule has 0 spiro atoms. The highest BCUT2D eigenvalue weighted by Crippen LogP contribution is 2.31. The molecule has 6 nitrogen and oxygen atoms in total. The zero-order valence-electron chi connectivity index (χ0n) is 13.7. The maximum absolute atomic E-state index is 12.1. The maximum Gasteiger partial charge on any atom is 0.263 e. The molecule has 0 unspecified atom stereocenters. The Balaban J connectivity index is 1.70. The number of hydrogen-bond acceptors (Lipinski definition) is 6. The predicted molar refractivity (Wildman–Crippen MR) is 113 cm³/mol. The minimum atomic E-state index is -0.351. The fourth-order valence-corrected chi connectivity index (χ4v) is 3.62. The van der Waals surface area contributed by atoms with Crippen LogP contribution >= 0.6 is 39.9 Å². The van der Waals surface area contributed by atoms with Crippen molar-refractivity contribution >= 4 is 67.8 Å². The fourth-order valence-electron chi connectivity index (χ4n) is 2.21. The van der Waals surface area contributed by atoms with E-state index >= 15 is 0 Å². The molecule has 1 saturated heterocycles. The van der Waals surface area contributed by atoms with Gasteiger partial charge in [0.1, 0.15) is 15.8 Å². The van der Waals surface area contributed by atoms with Crippen molar-refractivity contribution in [2.24, 2.45) is 0 Å². The van der Waals surface area contributed by atoms with Crippen molar-refractivity contribution in [2.45, 2.75) is 0 Å². The van der Waals surface area contributed by atoms with Crippen molar-refractivity contribution in [3.05, 3.63) is 57.4 Å². The van der Waals surface area contributed by atoms with Gasteiger partial charge in [-0.2, -0.15) is 0 Å². The molecule has 3 rings (SSSR count). The van der Waals surface area contributed by atoms with Crippen LogP contribution in [0.3, 0.4) is 0 Å². The summed E-state index contributed by atoms with van der Waals surface area (Å²) in [7, 11) is 0. The molecule has 3 N–H and O–H groups in total. The Labute approximate surface area is 173 Å². The molecule has 0 radical (unpaired) electrons. The lowest BCUT2D eigenvalue weighted by Gasteiger charge is -2.11. The third kappa shape index (κ3) is 5.31. The number of halogens is 1. The fraction of sp³-hybridized carbons (Fsp3) is 0.0556. The number of phenolic OH excluding ortho intramolecular Hbond substituents is 1. The standard InChI is InChI=1S/C18H13BrN2O4S2/c19-11-1-6-14(10(7-11)8-15-17(24)21-18(26)27-15)25-9-16(23)20-12-2-4-13(22)5-3-12/h1-8,22H,9H2,(H,20,23)(H,21,24,26)/b15-8-. The summed E-state index contributed by atoms with van der Waals surface area (Å²) >= 11 is 9.54. The van der Waals surface area contributed by atoms with Gasteiger partial charge in [-0.25, -0.2) is 0 Å². The number of aromatic hydroxyl groups is 1. The average Bonchev–Trinajstić information content (AvgIpc) is 2.93. The van der Waals surface area contributed by atoms with Crippen molar-refractivity contribution in [1.82, 2.24) is 5.32 Å². The minimum absolute atomic E-state index is 0.116. The zero-order valence-corrected chi connectivity index (χ0v) is 16.9. The predicted octanol–water partition coefficient (Wildman–Crippen LogP) is 3.66. The van der Waals surface area contributed by atoms with Crippen molar-refractivity contribution in [3.8, 4) is 11.5 Å². The van der Waals surface area contributed by atoms with Crippen LogP contribution in [0.25, 0.3) is 6.08 Å². The Bertz CT molecular complexity index is 945. The molecule has 1 aliphatic rings. The van der Waals surface area contributed by atoms with E-state index in [1.54, 1.807) is 36.4 Å². The summed E-state index contributed by atoms with van der Waals surface area (Å²) in [6.45, 7) is -0.212. The second kappa shape index (κ2) is 8.55. The van der Waals surface area contributed by atoms with E-state index in [1.807, 2.05) is 0 Å². The molecule has 0 aromatic heterocycles. The summed E-state index contributed by atoms with van der Waals surface area (Å²) in [4.78, 5) is 24.4. The van der Waals surface area contributed by atoms with Crippen LogP contribution in [-0.2, 0) is 9.59 Å². The molecule has 1 aliphatic heterocycles. The van der Waals surface area contributed by atoms with E-state index in [9.17, 15) is 14.7 Å². The number of amides is 2. The van der Waals surface area contributed by atoms with Crippen LogP contribution in [-0.4, -0.2) is 27.8 Å². The van der Waals surface area contributed by atoms with Crippen molar-refractivity contribution in [3.63, 3.8) is 0 Å². The third-order valence-electron chi connectivity index (χ3n) is 3.41. The quantitative estimate of drug-likeness (QED) is 0.355. The number of hydrogen-bond donors (Lipinski definition) is 3. The molecule has 138 valence electrons. The van der Waals surface area contributed by atoms with Crippen LogP contribution < -0.4 is 15.4 Å². The van der Waals surface area contributed by atoms with Crippen LogP contribution in [0.1, 0.15) is 5.56 Å². The lowest BCUT2D eigenvalue weighted by atomic mass is 10.2. The van der Waals surface area contributed by atoms with Crippen molar-refractivity contribution in [2.75, 3.05) is 11.9 Å². The second-order valence-electron chi connectivity index (χ2n) is 5.42. The zero-order chi connectivity index (χ0) is 19.4. The molecule has 27 heavy (non-hydrogen) atoms. The van der Waals surface area contributed by atoms with Crippen LogP contribution in [0, 0.1) is 0 Å². The summed E-state index contributed by atoms with van der Waals surface area (Å²) < 4.78 is 6.83. The number of carbonyl (C=O) groups excluding carboxylic acids is 2. The topological polar surface area (TPSA) is 87.7 Å². The monoisotopic (exact) mass is 464 g/mol. The highest BCUT2D eigenvalue weighted by atomic mass is 79.9. The van der Waals surface area contributed by atoms with E-state index in [-0.39, 0.29) is 24.2 Å². The summed E-state index contributed by atoms with van der Waals surface area (Å²) in [6, 6.07) is 11.4. The smallest absolute Gasteiger partial charge is 0.263 e. The Morgan fingerprint density at radius 1 is 1.30 bits per heavy atom. The molecular formula is C18H13BrN2O4S2. The Kier molecular flexibility index (Phi) is 6.15. The minimum Gasteiger partial charge on any atom is -0.508 e. The molecule has 2 aromatic rings. The molecule has 2 aromatic carbocycles. The molecule has 0 saturated carbocycles. The molecule has 0 atom stereocenters. The lowest BCUT2D eigenvalue weighted by Crippen LogP contribution is -2.20. The van der Waals surface area contributed by atoms with Crippen LogP contribution in [0.15, 0.2) is 51.8 Å². The number of carbonyl (C=O) groups is 2. The van der Waals surface area contributed by atoms with Gasteiger partial charge < -0.3 is 20.5 Å². The van der Waals surface area contributed by atoms with E-state index < -0.39 is 0 Å². The highest BCUT2D eigenvalue weighted by Gasteiger charge is 2.22. The highest BCUT2D eigenvalue weighted by molar-refractivity contribution is 9.10. The van der Waals surface area contributed by atoms with Crippen LogP contribution in [0.5, 0.6) is 11.5 Å². The van der Waals surface area contributed by atoms with Crippen LogP contribution in [0.2, 0.25) is 0 Å². The van der Waals surface area contributed by atoms with Gasteiger partial charge in [-0.1, -0.05) is 39.9 Å². The van der Waals surface area contributed by atoms with Gasteiger partial charge in [0.05, 0.1) is 4.91 Å². The Hall–Kier alpha value is -2.36. The molecule has 1 fully saturated rings. The van der Waals surface area contributed by atoms with E-state index in [0.29, 0.717) is 26.2 Å². The number of ether oxygens (including phenoxy) is 1. The van der Waals surface area contributed by atoms with E-state index in [2.05, 4.69) is 26.6 Å². The number of thioether (sulfide) groups is 1. The number of rotatable bonds is 5. The largest absolute Gasteiger partial charge is 0.508 e. The SMILES string of the molecule is O=C(COc1ccc(Br)cc1/C=C1\SC(=S)NC1=O)Nc1ccc(O)cc1. The van der Waals surface area contributed by atoms with E-state index in [1.165, 1.54) is 23.9 Å². The van der Waals surface area contributed by atoms with Crippen molar-refractivity contribution in [1.29, 1.82) is 0 Å². The van der Waals surface area contributed by atoms with Gasteiger partial charge in [-0.05, 0) is 48.5 Å². The molecule has 0 bridgehead atoms. The first-order chi connectivity index (χ1) is 12.9. The van der Waals surface area contributed by atoms with Gasteiger partial charge in [0.25, 0.3) is 11.8 Å². The first-order valence-electron chi connectivity index (χ1n) is 7.67.